The molecule has 0 aliphatic carbocycles. The molecule has 0 N–H and O–H groups in total. The molecule has 2 aromatic carbocycles. The number of aryl methyl sites for hydroxylation is 1. The Balaban J connectivity index is 2.33. The van der Waals surface area contributed by atoms with Crippen LogP contribution in [0.5, 0.6) is 5.75 Å². The van der Waals surface area contributed by atoms with Gasteiger partial charge in [0.25, 0.3) is 11.2 Å². The molecule has 3 rings (SSSR count). The van der Waals surface area contributed by atoms with Crippen molar-refractivity contribution in [3.8, 4) is 11.4 Å². The maximum absolute atomic E-state index is 12.8. The topological polar surface area (TPSA) is 87.3 Å². The van der Waals surface area contributed by atoms with Gasteiger partial charge in [0, 0.05) is 6.07 Å². The second kappa shape index (κ2) is 5.53. The number of hydrogen-bond donors (Lipinski definition) is 0. The van der Waals surface area contributed by atoms with Crippen LogP contribution in [0.2, 0.25) is 0 Å². The van der Waals surface area contributed by atoms with Gasteiger partial charge in [-0.1, -0.05) is 12.1 Å². The molecule has 7 heteroatoms. The van der Waals surface area contributed by atoms with Gasteiger partial charge in [-0.15, -0.1) is 0 Å². The quantitative estimate of drug-likeness (QED) is 0.548. The zero-order chi connectivity index (χ0) is 16.6. The SMILES string of the molecule is COc1cc([N+](=O)[O-])ccc1-n1c(C)nc2ccccc2c1=O. The first kappa shape index (κ1) is 14.7. The first-order valence-electron chi connectivity index (χ1n) is 6.84. The highest BCUT2D eigenvalue weighted by Gasteiger charge is 2.16. The average Bonchev–Trinajstić information content (AvgIpc) is 2.55. The number of hydrogen-bond acceptors (Lipinski definition) is 5. The Morgan fingerprint density at radius 1 is 1.22 bits per heavy atom. The summed E-state index contributed by atoms with van der Waals surface area (Å²) in [5.41, 5.74) is 0.663. The maximum Gasteiger partial charge on any atom is 0.273 e. The second-order valence-corrected chi connectivity index (χ2v) is 4.93. The monoisotopic (exact) mass is 311 g/mol. The zero-order valence-corrected chi connectivity index (χ0v) is 12.5. The van der Waals surface area contributed by atoms with Gasteiger partial charge in [0.2, 0.25) is 0 Å². The molecule has 0 saturated heterocycles. The molecule has 23 heavy (non-hydrogen) atoms. The highest BCUT2D eigenvalue weighted by atomic mass is 16.6. The molecule has 0 aliphatic heterocycles. The van der Waals surface area contributed by atoms with E-state index in [4.69, 9.17) is 4.74 Å². The number of rotatable bonds is 3. The molecule has 0 fully saturated rings. The number of benzene rings is 2. The maximum atomic E-state index is 12.8. The minimum absolute atomic E-state index is 0.106. The van der Waals surface area contributed by atoms with E-state index < -0.39 is 4.92 Å². The number of nitrogens with zero attached hydrogens (tertiary/aromatic N) is 3. The standard InChI is InChI=1S/C16H13N3O4/c1-10-17-13-6-4-3-5-12(13)16(20)18(10)14-8-7-11(19(21)22)9-15(14)23-2/h3-9H,1-2H3. The first-order valence-corrected chi connectivity index (χ1v) is 6.84. The number of nitro benzene ring substituents is 1. The molecule has 1 aromatic heterocycles. The molecule has 3 aromatic rings. The van der Waals surface area contributed by atoms with Crippen LogP contribution in [-0.2, 0) is 0 Å². The van der Waals surface area contributed by atoms with Crippen molar-refractivity contribution in [2.45, 2.75) is 6.92 Å². The fraction of sp³-hybridized carbons (Fsp3) is 0.125. The van der Waals surface area contributed by atoms with E-state index in [1.54, 1.807) is 25.1 Å². The van der Waals surface area contributed by atoms with Crippen molar-refractivity contribution >= 4 is 16.6 Å². The van der Waals surface area contributed by atoms with Gasteiger partial charge in [-0.05, 0) is 25.1 Å². The van der Waals surface area contributed by atoms with Crippen LogP contribution in [0.25, 0.3) is 16.6 Å². The average molecular weight is 311 g/mol. The smallest absolute Gasteiger partial charge is 0.273 e. The Kier molecular flexibility index (Phi) is 3.53. The Morgan fingerprint density at radius 3 is 2.65 bits per heavy atom. The molecule has 0 unspecified atom stereocenters. The lowest BCUT2D eigenvalue weighted by atomic mass is 10.2. The fourth-order valence-electron chi connectivity index (χ4n) is 2.49. The van der Waals surface area contributed by atoms with E-state index >= 15 is 0 Å². The van der Waals surface area contributed by atoms with Crippen molar-refractivity contribution in [1.82, 2.24) is 9.55 Å². The molecule has 1 heterocycles. The third kappa shape index (κ3) is 2.42. The van der Waals surface area contributed by atoms with Crippen molar-refractivity contribution in [3.05, 3.63) is 68.8 Å². The second-order valence-electron chi connectivity index (χ2n) is 4.93. The minimum atomic E-state index is -0.513. The third-order valence-corrected chi connectivity index (χ3v) is 3.56. The van der Waals surface area contributed by atoms with E-state index in [9.17, 15) is 14.9 Å². The van der Waals surface area contributed by atoms with Crippen LogP contribution in [0.3, 0.4) is 0 Å². The van der Waals surface area contributed by atoms with Gasteiger partial charge >= 0.3 is 0 Å². The molecular weight excluding hydrogens is 298 g/mol. The van der Waals surface area contributed by atoms with E-state index in [-0.39, 0.29) is 17.0 Å². The first-order chi connectivity index (χ1) is 11.0. The Morgan fingerprint density at radius 2 is 1.96 bits per heavy atom. The molecule has 0 spiro atoms. The molecule has 7 nitrogen and oxygen atoms in total. The summed E-state index contributed by atoms with van der Waals surface area (Å²) >= 11 is 0. The molecular formula is C16H13N3O4. The van der Waals surface area contributed by atoms with Crippen molar-refractivity contribution < 1.29 is 9.66 Å². The normalized spacial score (nSPS) is 10.7. The van der Waals surface area contributed by atoms with Crippen molar-refractivity contribution in [2.75, 3.05) is 7.11 Å². The number of para-hydroxylation sites is 1. The van der Waals surface area contributed by atoms with Gasteiger partial charge in [0.15, 0.2) is 0 Å². The highest BCUT2D eigenvalue weighted by molar-refractivity contribution is 5.78. The summed E-state index contributed by atoms with van der Waals surface area (Å²) in [6, 6.07) is 11.1. The van der Waals surface area contributed by atoms with Gasteiger partial charge in [-0.25, -0.2) is 4.98 Å². The fourth-order valence-corrected chi connectivity index (χ4v) is 2.49. The Labute approximate surface area is 130 Å². The summed E-state index contributed by atoms with van der Waals surface area (Å²) in [6.45, 7) is 1.70. The number of aromatic nitrogens is 2. The molecule has 0 bridgehead atoms. The van der Waals surface area contributed by atoms with Crippen molar-refractivity contribution in [2.24, 2.45) is 0 Å². The molecule has 0 amide bonds. The number of fused-ring (bicyclic) bond motifs is 1. The predicted molar refractivity (Wildman–Crippen MR) is 85.3 cm³/mol. The van der Waals surface area contributed by atoms with Gasteiger partial charge in [0.05, 0.1) is 34.7 Å². The van der Waals surface area contributed by atoms with Crippen molar-refractivity contribution in [1.29, 1.82) is 0 Å². The summed E-state index contributed by atoms with van der Waals surface area (Å²) in [4.78, 5) is 27.6. The lowest BCUT2D eigenvalue weighted by Gasteiger charge is -2.14. The molecule has 116 valence electrons. The minimum Gasteiger partial charge on any atom is -0.494 e. The van der Waals surface area contributed by atoms with Crippen LogP contribution < -0.4 is 10.3 Å². The third-order valence-electron chi connectivity index (χ3n) is 3.56. The zero-order valence-electron chi connectivity index (χ0n) is 12.5. The van der Waals surface area contributed by atoms with Gasteiger partial charge in [-0.3, -0.25) is 19.5 Å². The summed E-state index contributed by atoms with van der Waals surface area (Å²) < 4.78 is 6.61. The highest BCUT2D eigenvalue weighted by Crippen LogP contribution is 2.27. The van der Waals surface area contributed by atoms with Crippen LogP contribution in [0.15, 0.2) is 47.3 Å². The number of non-ortho nitro benzene ring substituents is 1. The molecule has 0 radical (unpaired) electrons. The van der Waals surface area contributed by atoms with E-state index in [0.29, 0.717) is 22.4 Å². The summed E-state index contributed by atoms with van der Waals surface area (Å²) in [5.74, 6) is 0.710. The van der Waals surface area contributed by atoms with E-state index in [2.05, 4.69) is 4.98 Å². The summed E-state index contributed by atoms with van der Waals surface area (Å²) in [7, 11) is 1.40. The van der Waals surface area contributed by atoms with Crippen molar-refractivity contribution in [3.63, 3.8) is 0 Å². The summed E-state index contributed by atoms with van der Waals surface area (Å²) in [6.07, 6.45) is 0. The van der Waals surface area contributed by atoms with Gasteiger partial charge < -0.3 is 4.74 Å². The number of methoxy groups -OCH3 is 1. The Hall–Kier alpha value is -3.22. The molecule has 0 atom stereocenters. The van der Waals surface area contributed by atoms with E-state index in [0.717, 1.165) is 0 Å². The molecule has 0 aliphatic rings. The van der Waals surface area contributed by atoms with E-state index in [1.165, 1.54) is 29.9 Å². The lowest BCUT2D eigenvalue weighted by Crippen LogP contribution is -2.22. The van der Waals surface area contributed by atoms with Crippen LogP contribution in [0, 0.1) is 17.0 Å². The van der Waals surface area contributed by atoms with Crippen LogP contribution >= 0.6 is 0 Å². The van der Waals surface area contributed by atoms with E-state index in [1.807, 2.05) is 6.07 Å². The largest absolute Gasteiger partial charge is 0.494 e. The lowest BCUT2D eigenvalue weighted by molar-refractivity contribution is -0.384. The van der Waals surface area contributed by atoms with Crippen LogP contribution in [-0.4, -0.2) is 21.6 Å². The van der Waals surface area contributed by atoms with Gasteiger partial charge in [0.1, 0.15) is 11.6 Å². The Bertz CT molecular complexity index is 979. The number of ether oxygens (including phenoxy) is 1. The van der Waals surface area contributed by atoms with Crippen LogP contribution in [0.4, 0.5) is 5.69 Å². The predicted octanol–water partition coefficient (Wildman–Crippen LogP) is 2.61. The number of nitro groups is 1. The van der Waals surface area contributed by atoms with Gasteiger partial charge in [-0.2, -0.15) is 0 Å². The summed E-state index contributed by atoms with van der Waals surface area (Å²) in [5, 5.41) is 11.4. The molecule has 0 saturated carbocycles. The van der Waals surface area contributed by atoms with Crippen LogP contribution in [0.1, 0.15) is 5.82 Å².